The number of carbonyl (C=O) groups excluding carboxylic acids is 1. The Balaban J connectivity index is 2.57. The van der Waals surface area contributed by atoms with Crippen molar-refractivity contribution in [3.8, 4) is 0 Å². The molecule has 1 rings (SSSR count). The fourth-order valence-electron chi connectivity index (χ4n) is 2.07. The van der Waals surface area contributed by atoms with Crippen molar-refractivity contribution in [1.29, 1.82) is 0 Å². The summed E-state index contributed by atoms with van der Waals surface area (Å²) in [5.41, 5.74) is 1.26. The molecular weight excluding hydrogens is 280 g/mol. The molecule has 2 unspecified atom stereocenters. The number of carbonyl (C=O) groups is 1. The van der Waals surface area contributed by atoms with E-state index in [2.05, 4.69) is 55.7 Å². The van der Waals surface area contributed by atoms with E-state index >= 15 is 0 Å². The molecule has 0 aliphatic heterocycles. The van der Waals surface area contributed by atoms with Crippen molar-refractivity contribution in [2.75, 3.05) is 13.1 Å². The first-order chi connectivity index (χ1) is 10.1. The van der Waals surface area contributed by atoms with Crippen LogP contribution in [0.3, 0.4) is 0 Å². The van der Waals surface area contributed by atoms with Gasteiger partial charge in [0.15, 0.2) is 0 Å². The van der Waals surface area contributed by atoms with E-state index < -0.39 is 0 Å². The normalized spacial score (nSPS) is 13.7. The molecule has 0 fully saturated rings. The van der Waals surface area contributed by atoms with Crippen LogP contribution in [-0.4, -0.2) is 24.2 Å². The maximum atomic E-state index is 12.0. The minimum Gasteiger partial charge on any atom is -0.355 e. The number of rotatable bonds is 9. The van der Waals surface area contributed by atoms with Gasteiger partial charge in [-0.05, 0) is 44.5 Å². The lowest BCUT2D eigenvalue weighted by Gasteiger charge is -2.15. The lowest BCUT2D eigenvalue weighted by molar-refractivity contribution is -0.120. The Hall–Kier alpha value is -1.00. The van der Waals surface area contributed by atoms with Crippen molar-refractivity contribution in [2.24, 2.45) is 0 Å². The Morgan fingerprint density at radius 1 is 1.29 bits per heavy atom. The second-order valence-electron chi connectivity index (χ2n) is 5.26. The van der Waals surface area contributed by atoms with Gasteiger partial charge in [0.1, 0.15) is 0 Å². The highest BCUT2D eigenvalue weighted by atomic mass is 32.2. The Kier molecular flexibility index (Phi) is 8.47. The Bertz CT molecular complexity index is 437. The zero-order valence-electron chi connectivity index (χ0n) is 13.6. The molecule has 2 N–H and O–H groups in total. The molecule has 4 heteroatoms. The molecule has 1 amide bonds. The molecule has 0 radical (unpaired) electrons. The molecule has 21 heavy (non-hydrogen) atoms. The van der Waals surface area contributed by atoms with E-state index in [1.807, 2.05) is 6.92 Å². The van der Waals surface area contributed by atoms with E-state index in [-0.39, 0.29) is 11.2 Å². The van der Waals surface area contributed by atoms with Gasteiger partial charge >= 0.3 is 0 Å². The summed E-state index contributed by atoms with van der Waals surface area (Å²) in [6.07, 6.45) is 2.14. The first-order valence-corrected chi connectivity index (χ1v) is 8.74. The zero-order chi connectivity index (χ0) is 15.7. The Labute approximate surface area is 133 Å². The third-order valence-electron chi connectivity index (χ3n) is 3.38. The lowest BCUT2D eigenvalue weighted by atomic mass is 10.1. The highest BCUT2D eigenvalue weighted by Crippen LogP contribution is 2.26. The highest BCUT2D eigenvalue weighted by Gasteiger charge is 2.14. The number of nitrogens with one attached hydrogen (secondary N) is 2. The fourth-order valence-corrected chi connectivity index (χ4v) is 3.03. The average Bonchev–Trinajstić information content (AvgIpc) is 2.48. The molecule has 1 aromatic rings. The van der Waals surface area contributed by atoms with E-state index in [0.717, 1.165) is 30.8 Å². The molecule has 118 valence electrons. The van der Waals surface area contributed by atoms with Crippen LogP contribution in [0.4, 0.5) is 0 Å². The summed E-state index contributed by atoms with van der Waals surface area (Å²) < 4.78 is 0. The third kappa shape index (κ3) is 6.53. The summed E-state index contributed by atoms with van der Waals surface area (Å²) >= 11 is 1.62. The number of hydrogen-bond acceptors (Lipinski definition) is 3. The van der Waals surface area contributed by atoms with Gasteiger partial charge in [-0.1, -0.05) is 32.4 Å². The predicted octanol–water partition coefficient (Wildman–Crippen LogP) is 3.75. The molecule has 3 nitrogen and oxygen atoms in total. The number of thioether (sulfide) groups is 1. The standard InChI is InChI=1S/C17H28N2OS/c1-5-7-11-19-17(20)14(4)21-16-10-8-9-15(12-16)13(3)18-6-2/h8-10,12-14,18H,5-7,11H2,1-4H3,(H,19,20). The second-order valence-corrected chi connectivity index (χ2v) is 6.67. The van der Waals surface area contributed by atoms with Crippen LogP contribution >= 0.6 is 11.8 Å². The van der Waals surface area contributed by atoms with Crippen LogP contribution in [-0.2, 0) is 4.79 Å². The molecule has 0 aliphatic rings. The molecule has 0 aromatic heterocycles. The van der Waals surface area contributed by atoms with Crippen molar-refractivity contribution >= 4 is 17.7 Å². The Morgan fingerprint density at radius 3 is 2.71 bits per heavy atom. The average molecular weight is 308 g/mol. The van der Waals surface area contributed by atoms with Crippen LogP contribution in [0.1, 0.15) is 52.1 Å². The minimum absolute atomic E-state index is 0.0634. The van der Waals surface area contributed by atoms with E-state index in [1.54, 1.807) is 11.8 Å². The molecular formula is C17H28N2OS. The van der Waals surface area contributed by atoms with Crippen molar-refractivity contribution < 1.29 is 4.79 Å². The first-order valence-electron chi connectivity index (χ1n) is 7.86. The quantitative estimate of drug-likeness (QED) is 0.539. The number of hydrogen-bond donors (Lipinski definition) is 2. The lowest BCUT2D eigenvalue weighted by Crippen LogP contribution is -2.31. The van der Waals surface area contributed by atoms with E-state index in [9.17, 15) is 4.79 Å². The van der Waals surface area contributed by atoms with E-state index in [0.29, 0.717) is 6.04 Å². The molecule has 0 saturated carbocycles. The molecule has 1 aromatic carbocycles. The second kappa shape index (κ2) is 9.85. The maximum absolute atomic E-state index is 12.0. The largest absolute Gasteiger partial charge is 0.355 e. The van der Waals surface area contributed by atoms with Crippen molar-refractivity contribution in [3.63, 3.8) is 0 Å². The molecule has 0 aliphatic carbocycles. The monoisotopic (exact) mass is 308 g/mol. The molecule has 0 spiro atoms. The summed E-state index contributed by atoms with van der Waals surface area (Å²) in [6, 6.07) is 8.77. The topological polar surface area (TPSA) is 41.1 Å². The number of unbranched alkanes of at least 4 members (excludes halogenated alkanes) is 1. The third-order valence-corrected chi connectivity index (χ3v) is 4.47. The van der Waals surface area contributed by atoms with Crippen LogP contribution in [0.5, 0.6) is 0 Å². The van der Waals surface area contributed by atoms with Crippen molar-refractivity contribution in [1.82, 2.24) is 10.6 Å². The first kappa shape index (κ1) is 18.1. The summed E-state index contributed by atoms with van der Waals surface area (Å²) in [4.78, 5) is 13.1. The highest BCUT2D eigenvalue weighted by molar-refractivity contribution is 8.00. The summed E-state index contributed by atoms with van der Waals surface area (Å²) in [6.45, 7) is 10.1. The Morgan fingerprint density at radius 2 is 2.05 bits per heavy atom. The van der Waals surface area contributed by atoms with Gasteiger partial charge in [0.05, 0.1) is 5.25 Å². The van der Waals surface area contributed by atoms with Gasteiger partial charge in [0, 0.05) is 17.5 Å². The van der Waals surface area contributed by atoms with E-state index in [1.165, 1.54) is 5.56 Å². The zero-order valence-corrected chi connectivity index (χ0v) is 14.4. The summed E-state index contributed by atoms with van der Waals surface area (Å²) in [5.74, 6) is 0.124. The number of amides is 1. The molecule has 0 saturated heterocycles. The van der Waals surface area contributed by atoms with Gasteiger partial charge in [-0.2, -0.15) is 0 Å². The van der Waals surface area contributed by atoms with E-state index in [4.69, 9.17) is 0 Å². The van der Waals surface area contributed by atoms with Gasteiger partial charge in [-0.25, -0.2) is 0 Å². The molecule has 0 heterocycles. The smallest absolute Gasteiger partial charge is 0.233 e. The summed E-state index contributed by atoms with van der Waals surface area (Å²) in [7, 11) is 0. The number of benzene rings is 1. The maximum Gasteiger partial charge on any atom is 0.233 e. The van der Waals surface area contributed by atoms with Crippen LogP contribution in [0, 0.1) is 0 Å². The van der Waals surface area contributed by atoms with Gasteiger partial charge in [-0.3, -0.25) is 4.79 Å². The van der Waals surface area contributed by atoms with Crippen molar-refractivity contribution in [3.05, 3.63) is 29.8 Å². The van der Waals surface area contributed by atoms with Crippen LogP contribution in [0.25, 0.3) is 0 Å². The minimum atomic E-state index is -0.0634. The van der Waals surface area contributed by atoms with Gasteiger partial charge in [-0.15, -0.1) is 11.8 Å². The summed E-state index contributed by atoms with van der Waals surface area (Å²) in [5, 5.41) is 6.34. The van der Waals surface area contributed by atoms with Gasteiger partial charge in [0.2, 0.25) is 5.91 Å². The van der Waals surface area contributed by atoms with Crippen LogP contribution in [0.2, 0.25) is 0 Å². The van der Waals surface area contributed by atoms with Gasteiger partial charge < -0.3 is 10.6 Å². The van der Waals surface area contributed by atoms with Gasteiger partial charge in [0.25, 0.3) is 0 Å². The predicted molar refractivity (Wildman–Crippen MR) is 91.8 cm³/mol. The molecule has 2 atom stereocenters. The van der Waals surface area contributed by atoms with Crippen molar-refractivity contribution in [2.45, 2.75) is 56.7 Å². The fraction of sp³-hybridized carbons (Fsp3) is 0.588. The van der Waals surface area contributed by atoms with Crippen LogP contribution in [0.15, 0.2) is 29.2 Å². The SMILES string of the molecule is CCCCNC(=O)C(C)Sc1cccc(C(C)NCC)c1. The molecule has 0 bridgehead atoms. The van der Waals surface area contributed by atoms with Crippen LogP contribution < -0.4 is 10.6 Å².